The molecule has 0 fully saturated rings. The van der Waals surface area contributed by atoms with Gasteiger partial charge in [-0.1, -0.05) is 12.7 Å². The summed E-state index contributed by atoms with van der Waals surface area (Å²) >= 11 is 0. The number of carbonyl (C=O) groups is 2. The van der Waals surface area contributed by atoms with Crippen molar-refractivity contribution in [1.29, 1.82) is 0 Å². The summed E-state index contributed by atoms with van der Waals surface area (Å²) in [5, 5.41) is 11.5. The van der Waals surface area contributed by atoms with Crippen molar-refractivity contribution in [2.75, 3.05) is 11.9 Å². The molecule has 0 aliphatic rings. The summed E-state index contributed by atoms with van der Waals surface area (Å²) in [6.07, 6.45) is 0.593. The predicted molar refractivity (Wildman–Crippen MR) is 74.3 cm³/mol. The molecule has 2 N–H and O–H groups in total. The zero-order valence-corrected chi connectivity index (χ0v) is 11.4. The molecule has 0 spiro atoms. The summed E-state index contributed by atoms with van der Waals surface area (Å²) in [6.45, 7) is 7.12. The zero-order chi connectivity index (χ0) is 15.1. The van der Waals surface area contributed by atoms with Crippen LogP contribution in [-0.4, -0.2) is 29.9 Å². The Hall–Kier alpha value is -2.50. The Balaban J connectivity index is 2.92. The number of carbonyl (C=O) groups excluding carboxylic acids is 1. The lowest BCUT2D eigenvalue weighted by molar-refractivity contribution is 0.0697. The van der Waals surface area contributed by atoms with Gasteiger partial charge in [0.1, 0.15) is 12.4 Å². The van der Waals surface area contributed by atoms with Crippen molar-refractivity contribution in [1.82, 2.24) is 0 Å². The van der Waals surface area contributed by atoms with Crippen LogP contribution in [0.4, 0.5) is 10.5 Å². The van der Waals surface area contributed by atoms with E-state index in [0.29, 0.717) is 5.75 Å². The van der Waals surface area contributed by atoms with E-state index >= 15 is 0 Å². The van der Waals surface area contributed by atoms with E-state index in [0.717, 1.165) is 0 Å². The number of hydrogen-bond donors (Lipinski definition) is 2. The summed E-state index contributed by atoms with van der Waals surface area (Å²) in [7, 11) is 0. The molecule has 0 bridgehead atoms. The molecule has 108 valence electrons. The number of rotatable bonds is 6. The smallest absolute Gasteiger partial charge is 0.411 e. The monoisotopic (exact) mass is 279 g/mol. The molecule has 1 aromatic rings. The second-order valence-electron chi connectivity index (χ2n) is 4.19. The summed E-state index contributed by atoms with van der Waals surface area (Å²) in [5.41, 5.74) is 0.0707. The first kappa shape index (κ1) is 15.6. The Morgan fingerprint density at radius 1 is 1.45 bits per heavy atom. The first-order valence-electron chi connectivity index (χ1n) is 6.02. The molecule has 0 aromatic heterocycles. The van der Waals surface area contributed by atoms with Crippen LogP contribution in [0.2, 0.25) is 0 Å². The molecule has 1 amide bonds. The molecular weight excluding hydrogens is 262 g/mol. The zero-order valence-electron chi connectivity index (χ0n) is 11.4. The molecule has 0 heterocycles. The highest BCUT2D eigenvalue weighted by molar-refractivity contribution is 5.99. The van der Waals surface area contributed by atoms with Gasteiger partial charge in [-0.05, 0) is 32.0 Å². The average Bonchev–Trinajstić information content (AvgIpc) is 2.37. The number of anilines is 1. The largest absolute Gasteiger partial charge is 0.491 e. The van der Waals surface area contributed by atoms with Gasteiger partial charge in [0.05, 0.1) is 17.4 Å². The van der Waals surface area contributed by atoms with Gasteiger partial charge in [-0.2, -0.15) is 0 Å². The number of aromatic carboxylic acids is 1. The quantitative estimate of drug-likeness (QED) is 0.782. The molecule has 0 saturated carbocycles. The van der Waals surface area contributed by atoms with Crippen LogP contribution in [0.5, 0.6) is 5.75 Å². The van der Waals surface area contributed by atoms with Crippen LogP contribution in [0.3, 0.4) is 0 Å². The van der Waals surface area contributed by atoms with E-state index in [4.69, 9.17) is 14.6 Å². The van der Waals surface area contributed by atoms with E-state index in [1.165, 1.54) is 18.2 Å². The Bertz CT molecular complexity index is 510. The second kappa shape index (κ2) is 7.18. The highest BCUT2D eigenvalue weighted by Crippen LogP contribution is 2.23. The van der Waals surface area contributed by atoms with Crippen molar-refractivity contribution >= 4 is 17.7 Å². The molecular formula is C14H17NO5. The number of carboxylic acid groups (broad SMARTS) is 1. The van der Waals surface area contributed by atoms with Gasteiger partial charge in [-0.15, -0.1) is 0 Å². The summed E-state index contributed by atoms with van der Waals surface area (Å²) in [5.74, 6) is -0.749. The topological polar surface area (TPSA) is 84.9 Å². The highest BCUT2D eigenvalue weighted by atomic mass is 16.5. The highest BCUT2D eigenvalue weighted by Gasteiger charge is 2.14. The first-order chi connectivity index (χ1) is 9.43. The maximum Gasteiger partial charge on any atom is 0.411 e. The van der Waals surface area contributed by atoms with E-state index in [2.05, 4.69) is 11.9 Å². The lowest BCUT2D eigenvalue weighted by Gasteiger charge is -2.13. The second-order valence-corrected chi connectivity index (χ2v) is 4.19. The van der Waals surface area contributed by atoms with Crippen LogP contribution in [0.25, 0.3) is 0 Å². The lowest BCUT2D eigenvalue weighted by Crippen LogP contribution is -2.16. The Morgan fingerprint density at radius 3 is 2.70 bits per heavy atom. The fourth-order valence-electron chi connectivity index (χ4n) is 1.44. The number of amides is 1. The van der Waals surface area contributed by atoms with E-state index < -0.39 is 12.1 Å². The molecule has 0 radical (unpaired) electrons. The third-order valence-electron chi connectivity index (χ3n) is 2.16. The van der Waals surface area contributed by atoms with Crippen LogP contribution in [0.1, 0.15) is 24.2 Å². The number of carboxylic acids is 1. The SMILES string of the molecule is C=CCOC(=O)Nc1ccc(OC(C)C)cc1C(=O)O. The lowest BCUT2D eigenvalue weighted by atomic mass is 10.1. The van der Waals surface area contributed by atoms with Gasteiger partial charge < -0.3 is 14.6 Å². The normalized spacial score (nSPS) is 9.95. The van der Waals surface area contributed by atoms with Crippen molar-refractivity contribution in [3.05, 3.63) is 36.4 Å². The molecule has 0 aliphatic carbocycles. The van der Waals surface area contributed by atoms with E-state index in [1.807, 2.05) is 13.8 Å². The predicted octanol–water partition coefficient (Wildman–Crippen LogP) is 2.91. The number of ether oxygens (including phenoxy) is 2. The van der Waals surface area contributed by atoms with Crippen molar-refractivity contribution in [2.45, 2.75) is 20.0 Å². The van der Waals surface area contributed by atoms with Gasteiger partial charge >= 0.3 is 12.1 Å². The van der Waals surface area contributed by atoms with Crippen LogP contribution in [0, 0.1) is 0 Å². The fourth-order valence-corrected chi connectivity index (χ4v) is 1.44. The van der Waals surface area contributed by atoms with Crippen molar-refractivity contribution in [3.63, 3.8) is 0 Å². The van der Waals surface area contributed by atoms with E-state index in [1.54, 1.807) is 6.07 Å². The van der Waals surface area contributed by atoms with Gasteiger partial charge in [-0.3, -0.25) is 5.32 Å². The number of hydrogen-bond acceptors (Lipinski definition) is 4. The van der Waals surface area contributed by atoms with Crippen LogP contribution >= 0.6 is 0 Å². The molecule has 0 saturated heterocycles. The van der Waals surface area contributed by atoms with Gasteiger partial charge in [0.25, 0.3) is 0 Å². The third kappa shape index (κ3) is 4.64. The molecule has 1 aromatic carbocycles. The van der Waals surface area contributed by atoms with Crippen LogP contribution in [0.15, 0.2) is 30.9 Å². The third-order valence-corrected chi connectivity index (χ3v) is 2.16. The summed E-state index contributed by atoms with van der Waals surface area (Å²) in [4.78, 5) is 22.6. The van der Waals surface area contributed by atoms with Crippen molar-refractivity contribution < 1.29 is 24.2 Å². The maximum atomic E-state index is 11.4. The Morgan fingerprint density at radius 2 is 2.15 bits per heavy atom. The molecule has 6 nitrogen and oxygen atoms in total. The van der Waals surface area contributed by atoms with Crippen LogP contribution in [-0.2, 0) is 4.74 Å². The fraction of sp³-hybridized carbons (Fsp3) is 0.286. The Labute approximate surface area is 117 Å². The minimum atomic E-state index is -1.17. The maximum absolute atomic E-state index is 11.4. The van der Waals surface area contributed by atoms with Gasteiger partial charge in [0.15, 0.2) is 0 Å². The van der Waals surface area contributed by atoms with E-state index in [9.17, 15) is 9.59 Å². The molecule has 1 rings (SSSR count). The van der Waals surface area contributed by atoms with Crippen molar-refractivity contribution in [3.8, 4) is 5.75 Å². The van der Waals surface area contributed by atoms with Crippen molar-refractivity contribution in [2.24, 2.45) is 0 Å². The van der Waals surface area contributed by atoms with Gasteiger partial charge in [-0.25, -0.2) is 9.59 Å². The minimum absolute atomic E-state index is 0.0444. The number of nitrogens with one attached hydrogen (secondary N) is 1. The average molecular weight is 279 g/mol. The number of benzene rings is 1. The Kier molecular flexibility index (Phi) is 5.58. The molecule has 6 heteroatoms. The molecule has 0 unspecified atom stereocenters. The minimum Gasteiger partial charge on any atom is -0.491 e. The van der Waals surface area contributed by atoms with E-state index in [-0.39, 0.29) is 24.0 Å². The molecule has 20 heavy (non-hydrogen) atoms. The van der Waals surface area contributed by atoms with Crippen LogP contribution < -0.4 is 10.1 Å². The summed E-state index contributed by atoms with van der Waals surface area (Å²) in [6, 6.07) is 4.39. The van der Waals surface area contributed by atoms with Gasteiger partial charge in [0, 0.05) is 0 Å². The van der Waals surface area contributed by atoms with Gasteiger partial charge in [0.2, 0.25) is 0 Å². The molecule has 0 aliphatic heterocycles. The standard InChI is InChI=1S/C14H17NO5/c1-4-7-19-14(18)15-12-6-5-10(20-9(2)3)8-11(12)13(16)17/h4-6,8-9H,1,7H2,2-3H3,(H,15,18)(H,16,17). The summed E-state index contributed by atoms with van der Waals surface area (Å²) < 4.78 is 10.1. The molecule has 0 atom stereocenters. The first-order valence-corrected chi connectivity index (χ1v) is 6.02.